The van der Waals surface area contributed by atoms with Gasteiger partial charge in [-0.3, -0.25) is 0 Å². The third kappa shape index (κ3) is 4.34. The number of ether oxygens (including phenoxy) is 1. The fourth-order valence-electron chi connectivity index (χ4n) is 1.72. The minimum absolute atomic E-state index is 0.226. The molecule has 0 N–H and O–H groups in total. The van der Waals surface area contributed by atoms with Crippen LogP contribution in [-0.2, 0) is 9.53 Å². The van der Waals surface area contributed by atoms with Crippen LogP contribution in [0.15, 0.2) is 12.7 Å². The second kappa shape index (κ2) is 8.38. The number of hydrogen-bond donors (Lipinski definition) is 0. The molecule has 19 heteroatoms. The largest absolute Gasteiger partial charge is 0.462 e. The van der Waals surface area contributed by atoms with Gasteiger partial charge in [-0.15, -0.1) is 0 Å². The predicted octanol–water partition coefficient (Wildman–Crippen LogP) is 6.02. The van der Waals surface area contributed by atoms with Crippen LogP contribution in [0.2, 0.25) is 0 Å². The lowest BCUT2D eigenvalue weighted by molar-refractivity contribution is -0.449. The molecule has 0 saturated carbocycles. The Hall–Kier alpha value is -1.48. The molecular weight excluding hydrogens is 523 g/mol. The monoisotopic (exact) mass is 532 g/mol. The van der Waals surface area contributed by atoms with Crippen LogP contribution in [0.3, 0.4) is 0 Å². The first-order valence-electron chi connectivity index (χ1n) is 7.31. The minimum atomic E-state index is -8.46. The second-order valence-electron chi connectivity index (χ2n) is 5.90. The van der Waals surface area contributed by atoms with Gasteiger partial charge in [0, 0.05) is 6.08 Å². The van der Waals surface area contributed by atoms with Crippen LogP contribution in [0.5, 0.6) is 0 Å². The summed E-state index contributed by atoms with van der Waals surface area (Å²) in [7, 11) is -0.493. The fourth-order valence-corrected chi connectivity index (χ4v) is 1.90. The Morgan fingerprint density at radius 1 is 0.656 bits per heavy atom. The van der Waals surface area contributed by atoms with E-state index in [2.05, 4.69) is 11.3 Å². The summed E-state index contributed by atoms with van der Waals surface area (Å²) in [5.41, 5.74) is -6.38. The molecule has 0 fully saturated rings. The van der Waals surface area contributed by atoms with Crippen molar-refractivity contribution < 1.29 is 79.8 Å². The number of hydrogen-bond acceptors (Lipinski definition) is 2. The van der Waals surface area contributed by atoms with E-state index in [0.717, 1.165) is 0 Å². The van der Waals surface area contributed by atoms with Crippen molar-refractivity contribution in [1.29, 1.82) is 0 Å². The Morgan fingerprint density at radius 2 is 0.969 bits per heavy atom. The topological polar surface area (TPSA) is 26.3 Å². The summed E-state index contributed by atoms with van der Waals surface area (Å²) in [5, 5.41) is 0. The third-order valence-corrected chi connectivity index (χ3v) is 4.04. The first-order chi connectivity index (χ1) is 13.7. The highest BCUT2D eigenvalue weighted by molar-refractivity contribution is 7.18. The summed E-state index contributed by atoms with van der Waals surface area (Å²) in [4.78, 5) is 10.6. The van der Waals surface area contributed by atoms with E-state index in [0.29, 0.717) is 0 Å². The molecule has 0 heterocycles. The molecule has 32 heavy (non-hydrogen) atoms. The first-order valence-corrected chi connectivity index (χ1v) is 7.89. The molecule has 0 spiro atoms. The van der Waals surface area contributed by atoms with Crippen molar-refractivity contribution in [2.24, 2.45) is 0 Å². The summed E-state index contributed by atoms with van der Waals surface area (Å²) in [6, 6.07) is 0. The normalized spacial score (nSPS) is 15.5. The lowest BCUT2D eigenvalue weighted by Crippen LogP contribution is -2.74. The van der Waals surface area contributed by atoms with Crippen molar-refractivity contribution in [3.63, 3.8) is 0 Å². The van der Waals surface area contributed by atoms with Crippen LogP contribution >= 0.6 is 9.24 Å². The molecule has 0 aromatic heterocycles. The zero-order valence-electron chi connectivity index (χ0n) is 14.6. The van der Waals surface area contributed by atoms with Crippen LogP contribution in [0, 0.1) is 0 Å². The molecule has 190 valence electrons. The zero-order chi connectivity index (χ0) is 26.4. The Labute approximate surface area is 169 Å². The van der Waals surface area contributed by atoms with Crippen LogP contribution in [0.4, 0.5) is 70.2 Å². The highest BCUT2D eigenvalue weighted by atomic mass is 31.0. The Balaban J connectivity index is 6.41. The van der Waals surface area contributed by atoms with Gasteiger partial charge in [0.05, 0.1) is 13.0 Å². The van der Waals surface area contributed by atoms with E-state index in [4.69, 9.17) is 0 Å². The van der Waals surface area contributed by atoms with Crippen molar-refractivity contribution in [3.05, 3.63) is 12.7 Å². The van der Waals surface area contributed by atoms with E-state index in [-0.39, 0.29) is 6.08 Å². The molecule has 1 atom stereocenters. The first kappa shape index (κ1) is 30.5. The van der Waals surface area contributed by atoms with Crippen LogP contribution in [0.25, 0.3) is 0 Å². The maximum atomic E-state index is 13.5. The lowest BCUT2D eigenvalue weighted by atomic mass is 9.88. The molecule has 0 aliphatic rings. The van der Waals surface area contributed by atoms with E-state index in [1.54, 1.807) is 0 Å². The smallest absolute Gasteiger partial charge is 0.385 e. The Morgan fingerprint density at radius 3 is 1.28 bits per heavy atom. The van der Waals surface area contributed by atoms with Gasteiger partial charge in [0.2, 0.25) is 0 Å². The molecule has 0 amide bonds. The summed E-state index contributed by atoms with van der Waals surface area (Å²) >= 11 is 0. The highest BCUT2D eigenvalue weighted by Crippen LogP contribution is 2.64. The summed E-state index contributed by atoms with van der Waals surface area (Å²) in [5.74, 6) is -56.7. The van der Waals surface area contributed by atoms with Crippen molar-refractivity contribution in [2.75, 3.05) is 6.61 Å². The molecule has 0 aromatic carbocycles. The van der Waals surface area contributed by atoms with Crippen molar-refractivity contribution in [1.82, 2.24) is 0 Å². The van der Waals surface area contributed by atoms with Gasteiger partial charge >= 0.3 is 53.1 Å². The third-order valence-electron chi connectivity index (χ3n) is 3.68. The fraction of sp³-hybridized carbons (Fsp3) is 0.769. The van der Waals surface area contributed by atoms with Gasteiger partial charge in [-0.2, -0.15) is 70.2 Å². The molecule has 0 aliphatic heterocycles. The van der Waals surface area contributed by atoms with E-state index >= 15 is 0 Å². The molecule has 0 rings (SSSR count). The van der Waals surface area contributed by atoms with Crippen LogP contribution in [-0.4, -0.2) is 59.7 Å². The summed E-state index contributed by atoms with van der Waals surface area (Å²) < 4.78 is 215. The minimum Gasteiger partial charge on any atom is -0.462 e. The highest BCUT2D eigenvalue weighted by Gasteiger charge is 2.94. The Bertz CT molecular complexity index is 711. The van der Waals surface area contributed by atoms with Gasteiger partial charge in [0.1, 0.15) is 0 Å². The van der Waals surface area contributed by atoms with Crippen molar-refractivity contribution in [2.45, 2.75) is 53.5 Å². The van der Waals surface area contributed by atoms with Crippen LogP contribution < -0.4 is 0 Å². The predicted molar refractivity (Wildman–Crippen MR) is 75.1 cm³/mol. The number of halogens is 16. The zero-order valence-corrected chi connectivity index (χ0v) is 15.8. The number of alkyl halides is 16. The average molecular weight is 532 g/mol. The van der Waals surface area contributed by atoms with Gasteiger partial charge in [-0.1, -0.05) is 15.8 Å². The van der Waals surface area contributed by atoms with Gasteiger partial charge in [0.25, 0.3) is 0 Å². The number of rotatable bonds is 11. The van der Waals surface area contributed by atoms with E-state index in [9.17, 15) is 75.0 Å². The van der Waals surface area contributed by atoms with E-state index < -0.39 is 75.4 Å². The second-order valence-corrected chi connectivity index (χ2v) is 6.62. The maximum absolute atomic E-state index is 13.5. The van der Waals surface area contributed by atoms with Gasteiger partial charge in [-0.05, 0) is 0 Å². The van der Waals surface area contributed by atoms with E-state index in [1.807, 2.05) is 0 Å². The number of esters is 1. The number of carbonyl (C=O) groups excluding carboxylic acids is 1. The molecule has 0 bridgehead atoms. The molecule has 2 nitrogen and oxygen atoms in total. The van der Waals surface area contributed by atoms with Crippen molar-refractivity contribution >= 4 is 15.2 Å². The maximum Gasteiger partial charge on any atom is 0.385 e. The SMILES string of the molecule is C=CC(=O)OCCC(F)(F)C(F)(F)C(F)(F)C(F)(F)C(F)(F)C(F)(F)C(F)(F)C(F)(F)P. The quantitative estimate of drug-likeness (QED) is 0.141. The molecular formula is C13H9F16O2P. The van der Waals surface area contributed by atoms with Gasteiger partial charge in [-0.25, -0.2) is 4.79 Å². The lowest BCUT2D eigenvalue weighted by Gasteiger charge is -2.43. The van der Waals surface area contributed by atoms with Crippen LogP contribution in [0.1, 0.15) is 6.42 Å². The standard InChI is InChI=1S/C13H9F16O2P/c1-2-5(30)31-4-3-6(14,15)7(16,17)8(18,19)9(20,21)10(22,23)11(24,25)12(26,27)13(28,29)32/h2H,1,3-4,32H2. The van der Waals surface area contributed by atoms with E-state index in [1.165, 1.54) is 0 Å². The summed E-state index contributed by atoms with van der Waals surface area (Å²) in [6.07, 6.45) is -2.56. The molecule has 0 radical (unpaired) electrons. The number of carbonyl (C=O) groups is 1. The van der Waals surface area contributed by atoms with Gasteiger partial charge in [0.15, 0.2) is 0 Å². The molecule has 0 saturated heterocycles. The summed E-state index contributed by atoms with van der Waals surface area (Å²) in [6.45, 7) is 0.738. The average Bonchev–Trinajstić information content (AvgIpc) is 2.59. The Kier molecular flexibility index (Phi) is 7.99. The molecule has 1 unspecified atom stereocenters. The molecule has 0 aliphatic carbocycles. The van der Waals surface area contributed by atoms with Crippen molar-refractivity contribution in [3.8, 4) is 0 Å². The molecule has 0 aromatic rings. The van der Waals surface area contributed by atoms with Gasteiger partial charge < -0.3 is 4.74 Å².